The largest absolute Gasteiger partial charge is 0.355 e. The fourth-order valence-corrected chi connectivity index (χ4v) is 5.86. The fourth-order valence-electron chi connectivity index (χ4n) is 3.50. The van der Waals surface area contributed by atoms with Crippen LogP contribution >= 0.6 is 11.3 Å². The van der Waals surface area contributed by atoms with Crippen molar-refractivity contribution in [2.45, 2.75) is 43.5 Å². The monoisotopic (exact) mass is 435 g/mol. The Morgan fingerprint density at radius 1 is 1.17 bits per heavy atom. The van der Waals surface area contributed by atoms with Gasteiger partial charge in [0.1, 0.15) is 10.3 Å². The zero-order chi connectivity index (χ0) is 20.9. The minimum atomic E-state index is -3.68. The lowest BCUT2D eigenvalue weighted by Gasteiger charge is -2.28. The highest BCUT2D eigenvalue weighted by Crippen LogP contribution is 2.19. The molecule has 0 unspecified atom stereocenters. The summed E-state index contributed by atoms with van der Waals surface area (Å²) in [4.78, 5) is 15.0. The maximum absolute atomic E-state index is 12.6. The van der Waals surface area contributed by atoms with E-state index in [0.29, 0.717) is 6.54 Å². The number of benzene rings is 1. The Morgan fingerprint density at radius 2 is 1.93 bits per heavy atom. The molecule has 0 aliphatic carbocycles. The van der Waals surface area contributed by atoms with Crippen LogP contribution in [0.3, 0.4) is 0 Å². The summed E-state index contributed by atoms with van der Waals surface area (Å²) < 4.78 is 27.7. The third-order valence-electron chi connectivity index (χ3n) is 5.15. The van der Waals surface area contributed by atoms with Crippen LogP contribution in [0.1, 0.15) is 31.4 Å². The summed E-state index contributed by atoms with van der Waals surface area (Å²) in [5.74, 6) is -0.424. The van der Waals surface area contributed by atoms with E-state index in [9.17, 15) is 13.2 Å². The van der Waals surface area contributed by atoms with Gasteiger partial charge in [0.05, 0.1) is 0 Å². The number of carbonyl (C=O) groups is 1. The number of nitrogens with one attached hydrogen (secondary N) is 2. The number of amides is 1. The smallest absolute Gasteiger partial charge is 0.250 e. The first-order valence-corrected chi connectivity index (χ1v) is 12.4. The maximum Gasteiger partial charge on any atom is 0.250 e. The van der Waals surface area contributed by atoms with Gasteiger partial charge in [-0.15, -0.1) is 11.3 Å². The van der Waals surface area contributed by atoms with Gasteiger partial charge in [-0.05, 0) is 41.3 Å². The molecule has 1 atom stereocenters. The summed E-state index contributed by atoms with van der Waals surface area (Å²) in [5.41, 5.74) is 2.81. The molecule has 1 aromatic carbocycles. The first-order chi connectivity index (χ1) is 13.9. The van der Waals surface area contributed by atoms with Crippen LogP contribution in [0.4, 0.5) is 0 Å². The minimum Gasteiger partial charge on any atom is -0.355 e. The molecule has 3 rings (SSSR count). The van der Waals surface area contributed by atoms with Gasteiger partial charge >= 0.3 is 0 Å². The Bertz CT molecular complexity index is 911. The number of nitrogens with zero attached hydrogens (tertiary/aromatic N) is 1. The average molecular weight is 436 g/mol. The zero-order valence-electron chi connectivity index (χ0n) is 16.9. The van der Waals surface area contributed by atoms with Crippen molar-refractivity contribution in [3.05, 3.63) is 52.9 Å². The van der Waals surface area contributed by atoms with Gasteiger partial charge in [-0.25, -0.2) is 8.42 Å². The summed E-state index contributed by atoms with van der Waals surface area (Å²) in [5, 5.41) is 4.61. The summed E-state index contributed by atoms with van der Waals surface area (Å²) >= 11 is 1.14. The van der Waals surface area contributed by atoms with Gasteiger partial charge in [0, 0.05) is 26.2 Å². The molecule has 2 N–H and O–H groups in total. The summed E-state index contributed by atoms with van der Waals surface area (Å²) in [6.07, 6.45) is 1.89. The molecule has 0 radical (unpaired) electrons. The number of hydrogen-bond donors (Lipinski definition) is 2. The Hall–Kier alpha value is -1.74. The Morgan fingerprint density at radius 3 is 2.62 bits per heavy atom. The molecule has 1 amide bonds. The van der Waals surface area contributed by atoms with E-state index in [-0.39, 0.29) is 16.0 Å². The molecule has 2 heterocycles. The third-order valence-corrected chi connectivity index (χ3v) is 7.99. The molecule has 1 aliphatic rings. The highest BCUT2D eigenvalue weighted by atomic mass is 32.2. The summed E-state index contributed by atoms with van der Waals surface area (Å²) in [6.45, 7) is 7.08. The molecule has 1 aliphatic heterocycles. The lowest BCUT2D eigenvalue weighted by molar-refractivity contribution is -0.123. The van der Waals surface area contributed by atoms with Crippen molar-refractivity contribution >= 4 is 27.3 Å². The second kappa shape index (κ2) is 9.84. The Kier molecular flexibility index (Phi) is 7.45. The minimum absolute atomic E-state index is 0.150. The van der Waals surface area contributed by atoms with Crippen LogP contribution in [0.5, 0.6) is 0 Å². The van der Waals surface area contributed by atoms with Crippen LogP contribution in [0, 0.1) is 5.92 Å². The predicted octanol–water partition coefficient (Wildman–Crippen LogP) is 2.62. The van der Waals surface area contributed by atoms with Crippen LogP contribution < -0.4 is 10.0 Å². The lowest BCUT2D eigenvalue weighted by atomic mass is 10.00. The molecule has 29 heavy (non-hydrogen) atoms. The normalized spacial score (nSPS) is 15.8. The van der Waals surface area contributed by atoms with Crippen molar-refractivity contribution < 1.29 is 13.2 Å². The van der Waals surface area contributed by atoms with E-state index in [1.54, 1.807) is 17.5 Å². The SMILES string of the molecule is CC(C)[C@@H](NS(=O)(=O)c1cccs1)C(=O)NCCCN1CCc2ccccc2C1. The molecule has 1 aromatic heterocycles. The zero-order valence-corrected chi connectivity index (χ0v) is 18.6. The van der Waals surface area contributed by atoms with Crippen molar-refractivity contribution in [3.63, 3.8) is 0 Å². The summed E-state index contributed by atoms with van der Waals surface area (Å²) in [6, 6.07) is 11.0. The van der Waals surface area contributed by atoms with E-state index in [0.717, 1.165) is 43.8 Å². The van der Waals surface area contributed by atoms with E-state index < -0.39 is 16.1 Å². The molecule has 0 bridgehead atoms. The molecule has 0 fully saturated rings. The number of thiophene rings is 1. The number of fused-ring (bicyclic) bond motifs is 1. The quantitative estimate of drug-likeness (QED) is 0.594. The van der Waals surface area contributed by atoms with E-state index >= 15 is 0 Å². The van der Waals surface area contributed by atoms with Crippen molar-refractivity contribution in [2.75, 3.05) is 19.6 Å². The van der Waals surface area contributed by atoms with Crippen LogP contribution in [0.15, 0.2) is 46.0 Å². The number of carbonyl (C=O) groups excluding carboxylic acids is 1. The average Bonchev–Trinajstić information content (AvgIpc) is 3.25. The highest BCUT2D eigenvalue weighted by molar-refractivity contribution is 7.91. The van der Waals surface area contributed by atoms with Crippen molar-refractivity contribution in [2.24, 2.45) is 5.92 Å². The predicted molar refractivity (Wildman–Crippen MR) is 116 cm³/mol. The fraction of sp³-hybridized carbons (Fsp3) is 0.476. The van der Waals surface area contributed by atoms with E-state index in [1.807, 2.05) is 13.8 Å². The van der Waals surface area contributed by atoms with E-state index in [2.05, 4.69) is 39.2 Å². The number of sulfonamides is 1. The first kappa shape index (κ1) is 22.0. The van der Waals surface area contributed by atoms with Gasteiger partial charge in [0.15, 0.2) is 0 Å². The van der Waals surface area contributed by atoms with Crippen molar-refractivity contribution in [1.82, 2.24) is 14.9 Å². The van der Waals surface area contributed by atoms with Crippen molar-refractivity contribution in [3.8, 4) is 0 Å². The van der Waals surface area contributed by atoms with Gasteiger partial charge in [-0.1, -0.05) is 44.2 Å². The molecule has 0 saturated carbocycles. The van der Waals surface area contributed by atoms with Gasteiger partial charge in [0.25, 0.3) is 10.0 Å². The topological polar surface area (TPSA) is 78.5 Å². The van der Waals surface area contributed by atoms with Crippen molar-refractivity contribution in [1.29, 1.82) is 0 Å². The van der Waals surface area contributed by atoms with Gasteiger partial charge in [0.2, 0.25) is 5.91 Å². The molecule has 0 spiro atoms. The standard InChI is InChI=1S/C21H29N3O3S2/c1-16(2)20(23-29(26,27)19-9-5-14-28-19)21(25)22-11-6-12-24-13-10-17-7-3-4-8-18(17)15-24/h3-5,7-9,14,16,20,23H,6,10-13,15H2,1-2H3,(H,22,25)/t20-/m1/s1. The molecular formula is C21H29N3O3S2. The molecule has 8 heteroatoms. The molecule has 6 nitrogen and oxygen atoms in total. The molecule has 2 aromatic rings. The second-order valence-electron chi connectivity index (χ2n) is 7.71. The number of hydrogen-bond acceptors (Lipinski definition) is 5. The van der Waals surface area contributed by atoms with Gasteiger partial charge in [-0.2, -0.15) is 4.72 Å². The Balaban J connectivity index is 1.46. The Labute approximate surface area is 177 Å². The molecule has 158 valence electrons. The number of rotatable bonds is 9. The van der Waals surface area contributed by atoms with Gasteiger partial charge in [-0.3, -0.25) is 9.69 Å². The summed E-state index contributed by atoms with van der Waals surface area (Å²) in [7, 11) is -3.68. The van der Waals surface area contributed by atoms with Crippen LogP contribution in [-0.2, 0) is 27.8 Å². The van der Waals surface area contributed by atoms with Gasteiger partial charge < -0.3 is 5.32 Å². The third kappa shape index (κ3) is 5.88. The first-order valence-electron chi connectivity index (χ1n) is 9.99. The van der Waals surface area contributed by atoms with Crippen LogP contribution in [-0.4, -0.2) is 44.9 Å². The highest BCUT2D eigenvalue weighted by Gasteiger charge is 2.28. The second-order valence-corrected chi connectivity index (χ2v) is 10.6. The van der Waals surface area contributed by atoms with E-state index in [1.165, 1.54) is 11.1 Å². The molecular weight excluding hydrogens is 406 g/mol. The lowest BCUT2D eigenvalue weighted by Crippen LogP contribution is -2.49. The van der Waals surface area contributed by atoms with Crippen LogP contribution in [0.2, 0.25) is 0 Å². The molecule has 0 saturated heterocycles. The van der Waals surface area contributed by atoms with Crippen LogP contribution in [0.25, 0.3) is 0 Å². The van der Waals surface area contributed by atoms with E-state index in [4.69, 9.17) is 0 Å². The maximum atomic E-state index is 12.6.